The van der Waals surface area contributed by atoms with Crippen LogP contribution in [0.1, 0.15) is 31.2 Å². The lowest BCUT2D eigenvalue weighted by atomic mass is 10.1. The summed E-state index contributed by atoms with van der Waals surface area (Å²) < 4.78 is 5.80. The van der Waals surface area contributed by atoms with E-state index >= 15 is 0 Å². The van der Waals surface area contributed by atoms with Crippen molar-refractivity contribution in [3.63, 3.8) is 0 Å². The predicted octanol–water partition coefficient (Wildman–Crippen LogP) is 5.32. The average molecular weight is 414 g/mol. The van der Waals surface area contributed by atoms with Crippen molar-refractivity contribution in [2.24, 2.45) is 0 Å². The van der Waals surface area contributed by atoms with E-state index in [0.29, 0.717) is 28.7 Å². The Kier molecular flexibility index (Phi) is 6.31. The summed E-state index contributed by atoms with van der Waals surface area (Å²) in [6, 6.07) is 15.5. The number of rotatable bonds is 7. The molecule has 0 aliphatic heterocycles. The van der Waals surface area contributed by atoms with Crippen LogP contribution in [0.15, 0.2) is 59.0 Å². The number of benzene rings is 2. The van der Waals surface area contributed by atoms with Crippen LogP contribution in [0.25, 0.3) is 11.3 Å². The van der Waals surface area contributed by atoms with Gasteiger partial charge in [-0.05, 0) is 48.9 Å². The summed E-state index contributed by atoms with van der Waals surface area (Å²) in [6.07, 6.45) is 0. The molecule has 3 rings (SSSR count). The van der Waals surface area contributed by atoms with Crippen molar-refractivity contribution >= 4 is 28.9 Å². The SMILES string of the molecule is CC(=O)Nc1cccc(C(C)NCc2ccc(-c3ccc(Cl)cc3[N+](=O)[O-])o2)c1. The van der Waals surface area contributed by atoms with E-state index in [-0.39, 0.29) is 17.6 Å². The molecule has 0 spiro atoms. The summed E-state index contributed by atoms with van der Waals surface area (Å²) in [5.74, 6) is 0.932. The molecule has 150 valence electrons. The Bertz CT molecular complexity index is 1050. The fraction of sp³-hybridized carbons (Fsp3) is 0.190. The first-order chi connectivity index (χ1) is 13.8. The maximum absolute atomic E-state index is 11.3. The molecular formula is C21H20ClN3O4. The van der Waals surface area contributed by atoms with Gasteiger partial charge < -0.3 is 15.1 Å². The van der Waals surface area contributed by atoms with Gasteiger partial charge in [0.2, 0.25) is 5.91 Å². The summed E-state index contributed by atoms with van der Waals surface area (Å²) in [4.78, 5) is 22.0. The summed E-state index contributed by atoms with van der Waals surface area (Å²) in [7, 11) is 0. The number of nitro benzene ring substituents is 1. The van der Waals surface area contributed by atoms with Gasteiger partial charge in [-0.3, -0.25) is 14.9 Å². The van der Waals surface area contributed by atoms with Gasteiger partial charge >= 0.3 is 0 Å². The van der Waals surface area contributed by atoms with E-state index in [1.165, 1.54) is 13.0 Å². The minimum absolute atomic E-state index is 0.00197. The highest BCUT2D eigenvalue weighted by Gasteiger charge is 2.19. The van der Waals surface area contributed by atoms with E-state index < -0.39 is 4.92 Å². The number of carbonyl (C=O) groups is 1. The molecule has 2 aromatic carbocycles. The van der Waals surface area contributed by atoms with E-state index in [0.717, 1.165) is 11.3 Å². The lowest BCUT2D eigenvalue weighted by Crippen LogP contribution is -2.18. The first-order valence-corrected chi connectivity index (χ1v) is 9.35. The van der Waals surface area contributed by atoms with Crippen molar-refractivity contribution < 1.29 is 14.1 Å². The van der Waals surface area contributed by atoms with Gasteiger partial charge in [-0.25, -0.2) is 0 Å². The second kappa shape index (κ2) is 8.89. The summed E-state index contributed by atoms with van der Waals surface area (Å²) in [5, 5.41) is 17.7. The maximum atomic E-state index is 11.3. The number of anilines is 1. The fourth-order valence-electron chi connectivity index (χ4n) is 2.94. The Hall–Kier alpha value is -3.16. The minimum atomic E-state index is -0.480. The van der Waals surface area contributed by atoms with E-state index in [1.54, 1.807) is 24.3 Å². The van der Waals surface area contributed by atoms with Crippen LogP contribution in [-0.4, -0.2) is 10.8 Å². The van der Waals surface area contributed by atoms with Gasteiger partial charge in [-0.15, -0.1) is 0 Å². The van der Waals surface area contributed by atoms with Crippen LogP contribution in [0, 0.1) is 10.1 Å². The zero-order chi connectivity index (χ0) is 21.0. The van der Waals surface area contributed by atoms with Crippen molar-refractivity contribution in [2.45, 2.75) is 26.4 Å². The van der Waals surface area contributed by atoms with Crippen LogP contribution in [0.5, 0.6) is 0 Å². The van der Waals surface area contributed by atoms with Gasteiger partial charge in [0.1, 0.15) is 11.5 Å². The maximum Gasteiger partial charge on any atom is 0.281 e. The Morgan fingerprint density at radius 3 is 2.72 bits per heavy atom. The summed E-state index contributed by atoms with van der Waals surface area (Å²) in [6.45, 7) is 3.90. The standard InChI is InChI=1S/C21H20ClN3O4/c1-13(15-4-3-5-17(10-15)24-14(2)26)23-12-18-7-9-21(29-18)19-8-6-16(22)11-20(19)25(27)28/h3-11,13,23H,12H2,1-2H3,(H,24,26). The molecule has 8 heteroatoms. The number of carbonyl (C=O) groups excluding carboxylic acids is 1. The van der Waals surface area contributed by atoms with Crippen molar-refractivity contribution in [3.05, 3.63) is 81.1 Å². The second-order valence-electron chi connectivity index (χ2n) is 6.59. The van der Waals surface area contributed by atoms with Gasteiger partial charge in [0, 0.05) is 29.7 Å². The van der Waals surface area contributed by atoms with Crippen molar-refractivity contribution in [1.82, 2.24) is 5.32 Å². The number of furan rings is 1. The Morgan fingerprint density at radius 2 is 2.00 bits per heavy atom. The van der Waals surface area contributed by atoms with Gasteiger partial charge in [0.25, 0.3) is 5.69 Å². The Balaban J connectivity index is 1.70. The molecule has 29 heavy (non-hydrogen) atoms. The number of halogens is 1. The zero-order valence-electron chi connectivity index (χ0n) is 15.9. The lowest BCUT2D eigenvalue weighted by molar-refractivity contribution is -0.384. The Labute approximate surface area is 172 Å². The first-order valence-electron chi connectivity index (χ1n) is 8.97. The van der Waals surface area contributed by atoms with Gasteiger partial charge in [0.15, 0.2) is 0 Å². The third-order valence-electron chi connectivity index (χ3n) is 4.37. The summed E-state index contributed by atoms with van der Waals surface area (Å²) in [5.41, 5.74) is 2.02. The molecule has 3 aromatic rings. The molecule has 7 nitrogen and oxygen atoms in total. The number of amides is 1. The molecule has 0 bridgehead atoms. The first kappa shape index (κ1) is 20.6. The van der Waals surface area contributed by atoms with Crippen LogP contribution in [0.2, 0.25) is 5.02 Å². The third-order valence-corrected chi connectivity index (χ3v) is 4.61. The zero-order valence-corrected chi connectivity index (χ0v) is 16.7. The van der Waals surface area contributed by atoms with Crippen LogP contribution < -0.4 is 10.6 Å². The van der Waals surface area contributed by atoms with Crippen LogP contribution in [0.4, 0.5) is 11.4 Å². The number of hydrogen-bond acceptors (Lipinski definition) is 5. The second-order valence-corrected chi connectivity index (χ2v) is 7.03. The highest BCUT2D eigenvalue weighted by molar-refractivity contribution is 6.30. The van der Waals surface area contributed by atoms with E-state index in [1.807, 2.05) is 31.2 Å². The number of nitro groups is 1. The predicted molar refractivity (Wildman–Crippen MR) is 112 cm³/mol. The van der Waals surface area contributed by atoms with Gasteiger partial charge in [-0.1, -0.05) is 23.7 Å². The smallest absolute Gasteiger partial charge is 0.281 e. The number of nitrogens with zero attached hydrogens (tertiary/aromatic N) is 1. The monoisotopic (exact) mass is 413 g/mol. The molecule has 1 heterocycles. The molecule has 0 saturated carbocycles. The van der Waals surface area contributed by atoms with Crippen molar-refractivity contribution in [2.75, 3.05) is 5.32 Å². The molecule has 1 unspecified atom stereocenters. The molecular weight excluding hydrogens is 394 g/mol. The van der Waals surface area contributed by atoms with Crippen LogP contribution in [-0.2, 0) is 11.3 Å². The van der Waals surface area contributed by atoms with Gasteiger partial charge in [0.05, 0.1) is 17.0 Å². The van der Waals surface area contributed by atoms with E-state index in [2.05, 4.69) is 10.6 Å². The van der Waals surface area contributed by atoms with Crippen molar-refractivity contribution in [1.29, 1.82) is 0 Å². The lowest BCUT2D eigenvalue weighted by Gasteiger charge is -2.14. The molecule has 1 atom stereocenters. The Morgan fingerprint density at radius 1 is 1.21 bits per heavy atom. The molecule has 2 N–H and O–H groups in total. The van der Waals surface area contributed by atoms with Crippen LogP contribution in [0.3, 0.4) is 0 Å². The van der Waals surface area contributed by atoms with E-state index in [9.17, 15) is 14.9 Å². The molecule has 0 radical (unpaired) electrons. The van der Waals surface area contributed by atoms with Crippen molar-refractivity contribution in [3.8, 4) is 11.3 Å². The largest absolute Gasteiger partial charge is 0.459 e. The molecule has 0 fully saturated rings. The van der Waals surface area contributed by atoms with E-state index in [4.69, 9.17) is 16.0 Å². The highest BCUT2D eigenvalue weighted by atomic mass is 35.5. The van der Waals surface area contributed by atoms with Gasteiger partial charge in [-0.2, -0.15) is 0 Å². The number of hydrogen-bond donors (Lipinski definition) is 2. The van der Waals surface area contributed by atoms with Crippen LogP contribution >= 0.6 is 11.6 Å². The molecule has 1 aromatic heterocycles. The minimum Gasteiger partial charge on any atom is -0.459 e. The molecule has 0 aliphatic rings. The molecule has 0 aliphatic carbocycles. The number of nitrogens with one attached hydrogen (secondary N) is 2. The third kappa shape index (κ3) is 5.22. The average Bonchev–Trinajstić information content (AvgIpc) is 3.14. The normalized spacial score (nSPS) is 11.8. The molecule has 0 saturated heterocycles. The quantitative estimate of drug-likeness (QED) is 0.403. The highest BCUT2D eigenvalue weighted by Crippen LogP contribution is 2.33. The fourth-order valence-corrected chi connectivity index (χ4v) is 3.11. The molecule has 1 amide bonds. The topological polar surface area (TPSA) is 97.4 Å². The summed E-state index contributed by atoms with van der Waals surface area (Å²) >= 11 is 5.87.